The zero-order valence-electron chi connectivity index (χ0n) is 11.8. The van der Waals surface area contributed by atoms with E-state index in [0.717, 1.165) is 13.1 Å². The molecule has 0 amide bonds. The first-order chi connectivity index (χ1) is 8.08. The minimum absolute atomic E-state index is 0.0759. The van der Waals surface area contributed by atoms with Crippen LogP contribution in [0.4, 0.5) is 0 Å². The Bertz CT molecular complexity index is 239. The Hall–Kier alpha value is -0.570. The van der Waals surface area contributed by atoms with Gasteiger partial charge in [-0.3, -0.25) is 9.69 Å². The van der Waals surface area contributed by atoms with Gasteiger partial charge in [-0.05, 0) is 45.2 Å². The Labute approximate surface area is 106 Å². The SMILES string of the molecule is CCOC(=O)C(C)N1CCC(CC)(CC)CC1. The van der Waals surface area contributed by atoms with Gasteiger partial charge in [0.2, 0.25) is 0 Å². The molecular formula is C14H27NO2. The number of rotatable bonds is 5. The van der Waals surface area contributed by atoms with Gasteiger partial charge in [0.15, 0.2) is 0 Å². The van der Waals surface area contributed by atoms with Crippen LogP contribution in [0.2, 0.25) is 0 Å². The predicted octanol–water partition coefficient (Wildman–Crippen LogP) is 2.84. The van der Waals surface area contributed by atoms with Gasteiger partial charge >= 0.3 is 5.97 Å². The largest absolute Gasteiger partial charge is 0.465 e. The number of carbonyl (C=O) groups excluding carboxylic acids is 1. The lowest BCUT2D eigenvalue weighted by molar-refractivity contribution is -0.149. The maximum Gasteiger partial charge on any atom is 0.323 e. The van der Waals surface area contributed by atoms with Gasteiger partial charge in [-0.2, -0.15) is 0 Å². The van der Waals surface area contributed by atoms with Crippen LogP contribution in [-0.4, -0.2) is 36.6 Å². The van der Waals surface area contributed by atoms with E-state index in [1.807, 2.05) is 13.8 Å². The van der Waals surface area contributed by atoms with Crippen molar-refractivity contribution in [3.8, 4) is 0 Å². The standard InChI is InChI=1S/C14H27NO2/c1-5-14(6-2)8-10-15(11-9-14)12(4)13(16)17-7-3/h12H,5-11H2,1-4H3. The van der Waals surface area contributed by atoms with E-state index in [1.165, 1.54) is 25.7 Å². The molecule has 100 valence electrons. The second kappa shape index (κ2) is 6.39. The normalized spacial score (nSPS) is 22.1. The summed E-state index contributed by atoms with van der Waals surface area (Å²) in [6.07, 6.45) is 4.93. The number of hydrogen-bond acceptors (Lipinski definition) is 3. The van der Waals surface area contributed by atoms with Crippen LogP contribution in [0.3, 0.4) is 0 Å². The van der Waals surface area contributed by atoms with Crippen LogP contribution in [-0.2, 0) is 9.53 Å². The molecule has 1 atom stereocenters. The average Bonchev–Trinajstić information content (AvgIpc) is 2.38. The molecule has 1 rings (SSSR count). The van der Waals surface area contributed by atoms with E-state index in [2.05, 4.69) is 18.7 Å². The number of piperidine rings is 1. The van der Waals surface area contributed by atoms with Crippen molar-refractivity contribution in [3.05, 3.63) is 0 Å². The van der Waals surface area contributed by atoms with Gasteiger partial charge in [0.25, 0.3) is 0 Å². The lowest BCUT2D eigenvalue weighted by Crippen LogP contribution is -2.47. The Kier molecular flexibility index (Phi) is 5.44. The van der Waals surface area contributed by atoms with E-state index in [1.54, 1.807) is 0 Å². The van der Waals surface area contributed by atoms with E-state index >= 15 is 0 Å². The van der Waals surface area contributed by atoms with E-state index < -0.39 is 0 Å². The molecule has 1 heterocycles. The third-order valence-electron chi connectivity index (χ3n) is 4.53. The monoisotopic (exact) mass is 241 g/mol. The molecule has 0 saturated carbocycles. The molecule has 0 aromatic heterocycles. The second-order valence-corrected chi connectivity index (χ2v) is 5.17. The first-order valence-electron chi connectivity index (χ1n) is 6.99. The Morgan fingerprint density at radius 1 is 1.24 bits per heavy atom. The van der Waals surface area contributed by atoms with Crippen LogP contribution in [0.15, 0.2) is 0 Å². The summed E-state index contributed by atoms with van der Waals surface area (Å²) in [4.78, 5) is 13.9. The smallest absolute Gasteiger partial charge is 0.323 e. The quantitative estimate of drug-likeness (QED) is 0.693. The topological polar surface area (TPSA) is 29.5 Å². The summed E-state index contributed by atoms with van der Waals surface area (Å²) in [5, 5.41) is 0. The van der Waals surface area contributed by atoms with E-state index in [4.69, 9.17) is 4.74 Å². The van der Waals surface area contributed by atoms with Crippen molar-refractivity contribution < 1.29 is 9.53 Å². The minimum atomic E-state index is -0.0818. The fraction of sp³-hybridized carbons (Fsp3) is 0.929. The third kappa shape index (κ3) is 3.44. The molecule has 1 saturated heterocycles. The number of ether oxygens (including phenoxy) is 1. The Morgan fingerprint density at radius 3 is 2.18 bits per heavy atom. The lowest BCUT2D eigenvalue weighted by atomic mass is 9.74. The fourth-order valence-corrected chi connectivity index (χ4v) is 2.75. The highest BCUT2D eigenvalue weighted by Crippen LogP contribution is 2.38. The highest BCUT2D eigenvalue weighted by atomic mass is 16.5. The Morgan fingerprint density at radius 2 is 1.76 bits per heavy atom. The summed E-state index contributed by atoms with van der Waals surface area (Å²) in [5.41, 5.74) is 0.519. The molecule has 0 spiro atoms. The number of likely N-dealkylation sites (tertiary alicyclic amines) is 1. The molecule has 0 N–H and O–H groups in total. The van der Waals surface area contributed by atoms with Crippen LogP contribution in [0.25, 0.3) is 0 Å². The summed E-state index contributed by atoms with van der Waals surface area (Å²) >= 11 is 0. The molecule has 1 aliphatic rings. The zero-order valence-corrected chi connectivity index (χ0v) is 11.8. The summed E-state index contributed by atoms with van der Waals surface area (Å²) < 4.78 is 5.08. The number of hydrogen-bond donors (Lipinski definition) is 0. The van der Waals surface area contributed by atoms with Crippen LogP contribution < -0.4 is 0 Å². The van der Waals surface area contributed by atoms with Gasteiger partial charge in [-0.25, -0.2) is 0 Å². The van der Waals surface area contributed by atoms with Gasteiger partial charge < -0.3 is 4.74 Å². The molecule has 1 unspecified atom stereocenters. The first-order valence-corrected chi connectivity index (χ1v) is 6.99. The van der Waals surface area contributed by atoms with Crippen molar-refractivity contribution >= 4 is 5.97 Å². The van der Waals surface area contributed by atoms with Gasteiger partial charge in [0.1, 0.15) is 6.04 Å². The van der Waals surface area contributed by atoms with E-state index in [0.29, 0.717) is 12.0 Å². The van der Waals surface area contributed by atoms with Crippen molar-refractivity contribution in [2.24, 2.45) is 5.41 Å². The number of carbonyl (C=O) groups is 1. The van der Waals surface area contributed by atoms with Gasteiger partial charge in [-0.1, -0.05) is 26.7 Å². The molecule has 0 aliphatic carbocycles. The van der Waals surface area contributed by atoms with E-state index in [9.17, 15) is 4.79 Å². The number of esters is 1. The van der Waals surface area contributed by atoms with Gasteiger partial charge in [0, 0.05) is 0 Å². The molecule has 3 nitrogen and oxygen atoms in total. The molecule has 0 radical (unpaired) electrons. The van der Waals surface area contributed by atoms with Crippen molar-refractivity contribution in [1.82, 2.24) is 4.90 Å². The highest BCUT2D eigenvalue weighted by Gasteiger charge is 2.34. The maximum atomic E-state index is 11.7. The molecular weight excluding hydrogens is 214 g/mol. The minimum Gasteiger partial charge on any atom is -0.465 e. The zero-order chi connectivity index (χ0) is 12.9. The van der Waals surface area contributed by atoms with Crippen LogP contribution in [0, 0.1) is 5.41 Å². The highest BCUT2D eigenvalue weighted by molar-refractivity contribution is 5.75. The lowest BCUT2D eigenvalue weighted by Gasteiger charge is -2.42. The Balaban J connectivity index is 2.48. The molecule has 0 aromatic rings. The first kappa shape index (κ1) is 14.5. The van der Waals surface area contributed by atoms with Crippen molar-refractivity contribution in [2.45, 2.75) is 59.4 Å². The molecule has 1 fully saturated rings. The third-order valence-corrected chi connectivity index (χ3v) is 4.53. The molecule has 1 aliphatic heterocycles. The molecule has 3 heteroatoms. The second-order valence-electron chi connectivity index (χ2n) is 5.17. The van der Waals surface area contributed by atoms with Crippen LogP contribution in [0.1, 0.15) is 53.4 Å². The summed E-state index contributed by atoms with van der Waals surface area (Å²) in [7, 11) is 0. The van der Waals surface area contributed by atoms with Crippen molar-refractivity contribution in [1.29, 1.82) is 0 Å². The molecule has 0 bridgehead atoms. The van der Waals surface area contributed by atoms with Crippen LogP contribution >= 0.6 is 0 Å². The summed E-state index contributed by atoms with van der Waals surface area (Å²) in [6.45, 7) is 10.9. The fourth-order valence-electron chi connectivity index (χ4n) is 2.75. The summed E-state index contributed by atoms with van der Waals surface area (Å²) in [5.74, 6) is -0.0759. The van der Waals surface area contributed by atoms with Crippen molar-refractivity contribution in [2.75, 3.05) is 19.7 Å². The predicted molar refractivity (Wildman–Crippen MR) is 69.9 cm³/mol. The summed E-state index contributed by atoms with van der Waals surface area (Å²) in [6, 6.07) is -0.0818. The maximum absolute atomic E-state index is 11.7. The van der Waals surface area contributed by atoms with Gasteiger partial charge in [-0.15, -0.1) is 0 Å². The van der Waals surface area contributed by atoms with Crippen LogP contribution in [0.5, 0.6) is 0 Å². The molecule has 17 heavy (non-hydrogen) atoms. The average molecular weight is 241 g/mol. The number of nitrogens with zero attached hydrogens (tertiary/aromatic N) is 1. The van der Waals surface area contributed by atoms with E-state index in [-0.39, 0.29) is 12.0 Å². The van der Waals surface area contributed by atoms with Gasteiger partial charge in [0.05, 0.1) is 6.61 Å². The van der Waals surface area contributed by atoms with Crippen molar-refractivity contribution in [3.63, 3.8) is 0 Å². The molecule has 0 aromatic carbocycles.